The van der Waals surface area contributed by atoms with Crippen molar-refractivity contribution in [2.45, 2.75) is 13.5 Å². The summed E-state index contributed by atoms with van der Waals surface area (Å²) in [6, 6.07) is 6.40. The maximum atomic E-state index is 13.1. The first-order valence-corrected chi connectivity index (χ1v) is 8.21. The number of carbonyl (C=O) groups excluding carboxylic acids is 1. The van der Waals surface area contributed by atoms with Crippen molar-refractivity contribution in [1.82, 2.24) is 15.3 Å². The highest BCUT2D eigenvalue weighted by atomic mass is 32.1. The van der Waals surface area contributed by atoms with Gasteiger partial charge in [0.1, 0.15) is 5.01 Å². The second-order valence-corrected chi connectivity index (χ2v) is 6.29. The van der Waals surface area contributed by atoms with Gasteiger partial charge in [-0.3, -0.25) is 4.98 Å². The van der Waals surface area contributed by atoms with Crippen LogP contribution in [0.5, 0.6) is 0 Å². The number of nitrogens with zero attached hydrogens (tertiary/aromatic N) is 2. The number of nitrogens with one attached hydrogen (secondary N) is 2. The van der Waals surface area contributed by atoms with Crippen LogP contribution in [0.2, 0.25) is 0 Å². The van der Waals surface area contributed by atoms with Crippen LogP contribution in [0.1, 0.15) is 10.6 Å². The van der Waals surface area contributed by atoms with E-state index in [1.54, 1.807) is 12.4 Å². The Morgan fingerprint density at radius 1 is 1.24 bits per heavy atom. The molecule has 0 saturated heterocycles. The van der Waals surface area contributed by atoms with E-state index in [0.717, 1.165) is 33.3 Å². The van der Waals surface area contributed by atoms with Crippen molar-refractivity contribution in [3.05, 3.63) is 64.9 Å². The van der Waals surface area contributed by atoms with E-state index < -0.39 is 17.7 Å². The first-order chi connectivity index (χ1) is 12.0. The van der Waals surface area contributed by atoms with Crippen molar-refractivity contribution >= 4 is 23.1 Å². The molecule has 3 rings (SSSR count). The number of pyridine rings is 1. The monoisotopic (exact) mass is 360 g/mol. The summed E-state index contributed by atoms with van der Waals surface area (Å²) in [6.07, 6.45) is 3.42. The van der Waals surface area contributed by atoms with E-state index in [1.807, 2.05) is 19.1 Å². The van der Waals surface area contributed by atoms with Crippen molar-refractivity contribution < 1.29 is 13.6 Å². The molecule has 128 valence electrons. The molecule has 0 aliphatic rings. The number of hydrogen-bond donors (Lipinski definition) is 2. The summed E-state index contributed by atoms with van der Waals surface area (Å²) in [6.45, 7) is 2.14. The van der Waals surface area contributed by atoms with Crippen LogP contribution in [0, 0.1) is 18.6 Å². The van der Waals surface area contributed by atoms with Gasteiger partial charge in [-0.25, -0.2) is 18.6 Å². The molecule has 0 bridgehead atoms. The molecule has 0 fully saturated rings. The van der Waals surface area contributed by atoms with Crippen LogP contribution in [-0.2, 0) is 6.54 Å². The van der Waals surface area contributed by atoms with E-state index in [0.29, 0.717) is 0 Å². The number of benzene rings is 1. The predicted molar refractivity (Wildman–Crippen MR) is 92.3 cm³/mol. The molecular formula is C17H14F2N4OS. The molecule has 2 aromatic heterocycles. The minimum atomic E-state index is -1.02. The lowest BCUT2D eigenvalue weighted by Gasteiger charge is -2.07. The number of anilines is 1. The summed E-state index contributed by atoms with van der Waals surface area (Å²) in [7, 11) is 0. The van der Waals surface area contributed by atoms with Gasteiger partial charge in [0.2, 0.25) is 0 Å². The Labute approximate surface area is 146 Å². The van der Waals surface area contributed by atoms with Crippen molar-refractivity contribution in [3.63, 3.8) is 0 Å². The zero-order valence-electron chi connectivity index (χ0n) is 13.2. The fourth-order valence-corrected chi connectivity index (χ4v) is 3.11. The SMILES string of the molecule is Cc1nc(-c2cccnc2)sc1CNC(=O)Nc1ccc(F)c(F)c1. The molecule has 8 heteroatoms. The summed E-state index contributed by atoms with van der Waals surface area (Å²) in [5, 5.41) is 5.95. The van der Waals surface area contributed by atoms with Gasteiger partial charge >= 0.3 is 6.03 Å². The number of aromatic nitrogens is 2. The lowest BCUT2D eigenvalue weighted by Crippen LogP contribution is -2.28. The number of amides is 2. The maximum absolute atomic E-state index is 13.1. The zero-order chi connectivity index (χ0) is 17.8. The number of urea groups is 1. The van der Waals surface area contributed by atoms with Crippen LogP contribution in [0.25, 0.3) is 10.6 Å². The molecule has 2 heterocycles. The molecule has 1 aromatic carbocycles. The average molecular weight is 360 g/mol. The minimum Gasteiger partial charge on any atom is -0.333 e. The third-order valence-corrected chi connectivity index (χ3v) is 4.59. The number of carbonyl (C=O) groups is 1. The molecule has 0 atom stereocenters. The van der Waals surface area contributed by atoms with Crippen LogP contribution in [0.4, 0.5) is 19.3 Å². The Morgan fingerprint density at radius 3 is 2.80 bits per heavy atom. The van der Waals surface area contributed by atoms with Crippen molar-refractivity contribution in [1.29, 1.82) is 0 Å². The Kier molecular flexibility index (Phi) is 4.99. The summed E-state index contributed by atoms with van der Waals surface area (Å²) < 4.78 is 26.0. The summed E-state index contributed by atoms with van der Waals surface area (Å²) >= 11 is 1.46. The topological polar surface area (TPSA) is 66.9 Å². The molecule has 0 spiro atoms. The smallest absolute Gasteiger partial charge is 0.319 e. The maximum Gasteiger partial charge on any atom is 0.319 e. The molecule has 5 nitrogen and oxygen atoms in total. The standard InChI is InChI=1S/C17H14F2N4OS/c1-10-15(25-16(22-10)11-3-2-6-20-8-11)9-21-17(24)23-12-4-5-13(18)14(19)7-12/h2-8H,9H2,1H3,(H2,21,23,24). The van der Waals surface area contributed by atoms with Crippen molar-refractivity contribution in [3.8, 4) is 10.6 Å². The van der Waals surface area contributed by atoms with Gasteiger partial charge < -0.3 is 10.6 Å². The Balaban J connectivity index is 1.62. The van der Waals surface area contributed by atoms with E-state index in [-0.39, 0.29) is 12.2 Å². The summed E-state index contributed by atoms with van der Waals surface area (Å²) in [5.74, 6) is -1.98. The van der Waals surface area contributed by atoms with Gasteiger partial charge in [-0.2, -0.15) is 0 Å². The minimum absolute atomic E-state index is 0.175. The number of rotatable bonds is 4. The summed E-state index contributed by atoms with van der Waals surface area (Å²) in [4.78, 5) is 21.4. The van der Waals surface area contributed by atoms with Gasteiger partial charge in [-0.05, 0) is 31.2 Å². The highest BCUT2D eigenvalue weighted by Gasteiger charge is 2.11. The van der Waals surface area contributed by atoms with Gasteiger partial charge in [0, 0.05) is 34.6 Å². The Bertz CT molecular complexity index is 899. The second-order valence-electron chi connectivity index (χ2n) is 5.21. The molecule has 0 radical (unpaired) electrons. The summed E-state index contributed by atoms with van der Waals surface area (Å²) in [5.41, 5.74) is 1.90. The molecule has 3 aromatic rings. The van der Waals surface area contributed by atoms with Crippen LogP contribution < -0.4 is 10.6 Å². The van der Waals surface area contributed by atoms with Crippen molar-refractivity contribution in [2.24, 2.45) is 0 Å². The largest absolute Gasteiger partial charge is 0.333 e. The van der Waals surface area contributed by atoms with E-state index in [1.165, 1.54) is 17.4 Å². The average Bonchev–Trinajstić information content (AvgIpc) is 2.98. The van der Waals surface area contributed by atoms with Gasteiger partial charge in [-0.1, -0.05) is 0 Å². The number of aryl methyl sites for hydroxylation is 1. The first kappa shape index (κ1) is 17.0. The molecule has 2 N–H and O–H groups in total. The molecule has 2 amide bonds. The molecule has 0 aliphatic heterocycles. The number of hydrogen-bond acceptors (Lipinski definition) is 4. The van der Waals surface area contributed by atoms with Crippen LogP contribution >= 0.6 is 11.3 Å². The van der Waals surface area contributed by atoms with Gasteiger partial charge in [0.05, 0.1) is 12.2 Å². The molecule has 25 heavy (non-hydrogen) atoms. The quantitative estimate of drug-likeness (QED) is 0.736. The normalized spacial score (nSPS) is 10.5. The predicted octanol–water partition coefficient (Wildman–Crippen LogP) is 4.11. The Hall–Kier alpha value is -2.87. The van der Waals surface area contributed by atoms with Crippen LogP contribution in [0.15, 0.2) is 42.7 Å². The molecular weight excluding hydrogens is 346 g/mol. The Morgan fingerprint density at radius 2 is 2.08 bits per heavy atom. The molecule has 0 aliphatic carbocycles. The number of halogens is 2. The van der Waals surface area contributed by atoms with Crippen LogP contribution in [-0.4, -0.2) is 16.0 Å². The highest BCUT2D eigenvalue weighted by molar-refractivity contribution is 7.15. The second kappa shape index (κ2) is 7.35. The van der Waals surface area contributed by atoms with E-state index >= 15 is 0 Å². The van der Waals surface area contributed by atoms with Gasteiger partial charge in [0.15, 0.2) is 11.6 Å². The lowest BCUT2D eigenvalue weighted by molar-refractivity contribution is 0.252. The fraction of sp³-hybridized carbons (Fsp3) is 0.118. The molecule has 0 saturated carbocycles. The van der Waals surface area contributed by atoms with Crippen LogP contribution in [0.3, 0.4) is 0 Å². The van der Waals surface area contributed by atoms with E-state index in [2.05, 4.69) is 20.6 Å². The van der Waals surface area contributed by atoms with E-state index in [9.17, 15) is 13.6 Å². The lowest BCUT2D eigenvalue weighted by atomic mass is 10.3. The van der Waals surface area contributed by atoms with E-state index in [4.69, 9.17) is 0 Å². The third-order valence-electron chi connectivity index (χ3n) is 3.39. The van der Waals surface area contributed by atoms with Crippen molar-refractivity contribution in [2.75, 3.05) is 5.32 Å². The highest BCUT2D eigenvalue weighted by Crippen LogP contribution is 2.27. The first-order valence-electron chi connectivity index (χ1n) is 7.39. The zero-order valence-corrected chi connectivity index (χ0v) is 14.0. The molecule has 0 unspecified atom stereocenters. The third kappa shape index (κ3) is 4.16. The number of thiazole rings is 1. The van der Waals surface area contributed by atoms with Gasteiger partial charge in [-0.15, -0.1) is 11.3 Å². The van der Waals surface area contributed by atoms with Gasteiger partial charge in [0.25, 0.3) is 0 Å². The fourth-order valence-electron chi connectivity index (χ4n) is 2.11.